The van der Waals surface area contributed by atoms with Gasteiger partial charge in [0, 0.05) is 23.7 Å². The fourth-order valence-electron chi connectivity index (χ4n) is 3.42. The van der Waals surface area contributed by atoms with Crippen LogP contribution >= 0.6 is 0 Å². The van der Waals surface area contributed by atoms with Crippen LogP contribution in [0.1, 0.15) is 54.9 Å². The van der Waals surface area contributed by atoms with Crippen molar-refractivity contribution in [1.29, 1.82) is 0 Å². The number of nitrogens with one attached hydrogen (secondary N) is 1. The van der Waals surface area contributed by atoms with Crippen molar-refractivity contribution in [3.05, 3.63) is 90.0 Å². The van der Waals surface area contributed by atoms with Gasteiger partial charge in [-0.25, -0.2) is 0 Å². The van der Waals surface area contributed by atoms with Gasteiger partial charge in [0.1, 0.15) is 11.5 Å². The van der Waals surface area contributed by atoms with E-state index in [0.29, 0.717) is 30.2 Å². The largest absolute Gasteiger partial charge is 0.494 e. The Morgan fingerprint density at radius 1 is 0.750 bits per heavy atom. The maximum absolute atomic E-state index is 12.7. The molecule has 0 heterocycles. The third-order valence-electron chi connectivity index (χ3n) is 5.21. The van der Waals surface area contributed by atoms with Gasteiger partial charge in [-0.1, -0.05) is 75.1 Å². The molecular weight excluding hydrogens is 398 g/mol. The Balaban J connectivity index is 1.48. The van der Waals surface area contributed by atoms with Crippen LogP contribution in [-0.2, 0) is 6.42 Å². The van der Waals surface area contributed by atoms with Crippen LogP contribution in [-0.4, -0.2) is 19.1 Å². The van der Waals surface area contributed by atoms with E-state index in [0.717, 1.165) is 18.6 Å². The highest BCUT2D eigenvalue weighted by molar-refractivity contribution is 6.04. The number of ether oxygens (including phenoxy) is 2. The van der Waals surface area contributed by atoms with E-state index < -0.39 is 0 Å². The second-order valence-corrected chi connectivity index (χ2v) is 7.86. The van der Waals surface area contributed by atoms with E-state index in [9.17, 15) is 4.79 Å². The Morgan fingerprint density at radius 3 is 2.28 bits per heavy atom. The summed E-state index contributed by atoms with van der Waals surface area (Å²) in [5, 5.41) is 2.95. The van der Waals surface area contributed by atoms with Crippen LogP contribution < -0.4 is 14.8 Å². The van der Waals surface area contributed by atoms with Crippen LogP contribution in [0.4, 0.5) is 5.69 Å². The average molecular weight is 432 g/mol. The average Bonchev–Trinajstić information content (AvgIpc) is 2.82. The van der Waals surface area contributed by atoms with E-state index in [2.05, 4.69) is 24.4 Å². The molecular formula is C28H33NO3. The standard InChI is InChI=1S/C28H33NO3/c1-2-3-4-5-9-19-31-27-17-11-15-25(22-27)29-28(30)24-14-10-16-26(21-24)32-20-18-23-12-7-6-8-13-23/h6-8,10-17,21-22H,2-5,9,18-20H2,1H3,(H,29,30). The predicted octanol–water partition coefficient (Wildman–Crippen LogP) is 6.91. The van der Waals surface area contributed by atoms with Gasteiger partial charge in [-0.05, 0) is 42.3 Å². The third-order valence-corrected chi connectivity index (χ3v) is 5.21. The van der Waals surface area contributed by atoms with Gasteiger partial charge >= 0.3 is 0 Å². The molecule has 0 atom stereocenters. The van der Waals surface area contributed by atoms with Crippen molar-refractivity contribution in [2.24, 2.45) is 0 Å². The van der Waals surface area contributed by atoms with Crippen LogP contribution in [0.5, 0.6) is 11.5 Å². The first-order valence-corrected chi connectivity index (χ1v) is 11.6. The number of anilines is 1. The summed E-state index contributed by atoms with van der Waals surface area (Å²) < 4.78 is 11.7. The Bertz CT molecular complexity index is 956. The van der Waals surface area contributed by atoms with E-state index in [1.165, 1.54) is 31.2 Å². The molecule has 0 aromatic heterocycles. The first-order valence-electron chi connectivity index (χ1n) is 11.6. The minimum absolute atomic E-state index is 0.171. The van der Waals surface area contributed by atoms with Crippen molar-refractivity contribution in [2.75, 3.05) is 18.5 Å². The highest BCUT2D eigenvalue weighted by Crippen LogP contribution is 2.20. The summed E-state index contributed by atoms with van der Waals surface area (Å²) in [5.41, 5.74) is 2.50. The molecule has 0 spiro atoms. The van der Waals surface area contributed by atoms with Gasteiger partial charge in [-0.15, -0.1) is 0 Å². The molecule has 0 bridgehead atoms. The zero-order chi connectivity index (χ0) is 22.4. The SMILES string of the molecule is CCCCCCCOc1cccc(NC(=O)c2cccc(OCCc3ccccc3)c2)c1. The summed E-state index contributed by atoms with van der Waals surface area (Å²) in [5.74, 6) is 1.29. The summed E-state index contributed by atoms with van der Waals surface area (Å²) in [6.45, 7) is 3.47. The molecule has 0 unspecified atom stereocenters. The minimum atomic E-state index is -0.171. The second-order valence-electron chi connectivity index (χ2n) is 7.86. The van der Waals surface area contributed by atoms with Crippen LogP contribution in [0.25, 0.3) is 0 Å². The van der Waals surface area contributed by atoms with E-state index >= 15 is 0 Å². The quantitative estimate of drug-likeness (QED) is 0.299. The van der Waals surface area contributed by atoms with Gasteiger partial charge in [-0.3, -0.25) is 4.79 Å². The van der Waals surface area contributed by atoms with E-state index in [1.54, 1.807) is 12.1 Å². The zero-order valence-electron chi connectivity index (χ0n) is 18.9. The fourth-order valence-corrected chi connectivity index (χ4v) is 3.42. The summed E-state index contributed by atoms with van der Waals surface area (Å²) in [4.78, 5) is 12.7. The molecule has 0 radical (unpaired) electrons. The first-order chi connectivity index (χ1) is 15.7. The van der Waals surface area contributed by atoms with Crippen molar-refractivity contribution >= 4 is 11.6 Å². The summed E-state index contributed by atoms with van der Waals surface area (Å²) in [6, 6.07) is 25.0. The van der Waals surface area contributed by atoms with E-state index in [4.69, 9.17) is 9.47 Å². The highest BCUT2D eigenvalue weighted by Gasteiger charge is 2.08. The molecule has 0 aliphatic heterocycles. The van der Waals surface area contributed by atoms with Gasteiger partial charge in [0.2, 0.25) is 0 Å². The number of carbonyl (C=O) groups is 1. The molecule has 3 aromatic carbocycles. The number of hydrogen-bond donors (Lipinski definition) is 1. The van der Waals surface area contributed by atoms with Crippen molar-refractivity contribution in [3.8, 4) is 11.5 Å². The monoisotopic (exact) mass is 431 g/mol. The third kappa shape index (κ3) is 8.10. The van der Waals surface area contributed by atoms with E-state index in [1.807, 2.05) is 54.6 Å². The maximum atomic E-state index is 12.7. The lowest BCUT2D eigenvalue weighted by atomic mass is 10.1. The summed E-state index contributed by atoms with van der Waals surface area (Å²) in [6.07, 6.45) is 6.83. The number of unbranched alkanes of at least 4 members (excludes halogenated alkanes) is 4. The lowest BCUT2D eigenvalue weighted by molar-refractivity contribution is 0.102. The van der Waals surface area contributed by atoms with Gasteiger partial charge < -0.3 is 14.8 Å². The smallest absolute Gasteiger partial charge is 0.255 e. The second kappa shape index (κ2) is 13.2. The molecule has 4 nitrogen and oxygen atoms in total. The lowest BCUT2D eigenvalue weighted by Gasteiger charge is -2.11. The lowest BCUT2D eigenvalue weighted by Crippen LogP contribution is -2.12. The number of carbonyl (C=O) groups excluding carboxylic acids is 1. The number of benzene rings is 3. The van der Waals surface area contributed by atoms with Crippen molar-refractivity contribution < 1.29 is 14.3 Å². The Hall–Kier alpha value is -3.27. The van der Waals surface area contributed by atoms with Gasteiger partial charge in [0.15, 0.2) is 0 Å². The molecule has 1 N–H and O–H groups in total. The van der Waals surface area contributed by atoms with Gasteiger partial charge in [0.05, 0.1) is 13.2 Å². The number of amides is 1. The zero-order valence-corrected chi connectivity index (χ0v) is 18.9. The predicted molar refractivity (Wildman–Crippen MR) is 131 cm³/mol. The molecule has 0 saturated carbocycles. The number of rotatable bonds is 13. The molecule has 0 fully saturated rings. The van der Waals surface area contributed by atoms with E-state index in [-0.39, 0.29) is 5.91 Å². The Kier molecular flexibility index (Phi) is 9.66. The molecule has 4 heteroatoms. The summed E-state index contributed by atoms with van der Waals surface area (Å²) in [7, 11) is 0. The molecule has 0 aliphatic rings. The Labute approximate surface area is 191 Å². The van der Waals surface area contributed by atoms with Crippen molar-refractivity contribution in [1.82, 2.24) is 0 Å². The Morgan fingerprint density at radius 2 is 1.47 bits per heavy atom. The van der Waals surface area contributed by atoms with Crippen LogP contribution in [0.3, 0.4) is 0 Å². The van der Waals surface area contributed by atoms with Crippen molar-refractivity contribution in [3.63, 3.8) is 0 Å². The minimum Gasteiger partial charge on any atom is -0.494 e. The van der Waals surface area contributed by atoms with Crippen LogP contribution in [0.2, 0.25) is 0 Å². The number of hydrogen-bond acceptors (Lipinski definition) is 3. The van der Waals surface area contributed by atoms with Crippen molar-refractivity contribution in [2.45, 2.75) is 45.4 Å². The molecule has 168 valence electrons. The molecule has 0 saturated heterocycles. The summed E-state index contributed by atoms with van der Waals surface area (Å²) >= 11 is 0. The highest BCUT2D eigenvalue weighted by atomic mass is 16.5. The van der Waals surface area contributed by atoms with Crippen LogP contribution in [0, 0.1) is 0 Å². The maximum Gasteiger partial charge on any atom is 0.255 e. The first kappa shape index (κ1) is 23.4. The normalized spacial score (nSPS) is 10.5. The van der Waals surface area contributed by atoms with Gasteiger partial charge in [0.25, 0.3) is 5.91 Å². The topological polar surface area (TPSA) is 47.6 Å². The van der Waals surface area contributed by atoms with Crippen LogP contribution in [0.15, 0.2) is 78.9 Å². The molecule has 3 aromatic rings. The van der Waals surface area contributed by atoms with Gasteiger partial charge in [-0.2, -0.15) is 0 Å². The molecule has 32 heavy (non-hydrogen) atoms. The molecule has 0 aliphatic carbocycles. The molecule has 1 amide bonds. The molecule has 3 rings (SSSR count). The fraction of sp³-hybridized carbons (Fsp3) is 0.321.